The quantitative estimate of drug-likeness (QED) is 0.0317. The normalized spacial score (nSPS) is 11.6. The molecule has 0 spiro atoms. The molecule has 2 aromatic heterocycles. The first-order chi connectivity index (χ1) is 29.1. The summed E-state index contributed by atoms with van der Waals surface area (Å²) >= 11 is 0. The van der Waals surface area contributed by atoms with Gasteiger partial charge in [0.15, 0.2) is 29.9 Å². The van der Waals surface area contributed by atoms with Crippen molar-refractivity contribution in [1.82, 2.24) is 30.7 Å². The fourth-order valence-corrected chi connectivity index (χ4v) is 6.27. The summed E-state index contributed by atoms with van der Waals surface area (Å²) in [7, 11) is -3.35. The molecule has 0 radical (unpaired) electrons. The number of sulfonamides is 1. The molecule has 4 aromatic rings. The standard InChI is InChI=1S/C37H47N7O16S/c1-37(2,3)26-14-16-27(17-15-26)61(51,52)42(25-57-36(46)56-20-7-8-21-58-43(47)48)34-31(60-29-12-6-5-11-28(29)53-4)35(41-33(40-34)32-38-18-10-19-39-32)55-24-23-54-30(45)13-9-22-59-44(49)50/h5-6,10-12,14-19,47-50H,7-9,13,20-25H2,1-4H3. The van der Waals surface area contributed by atoms with Crippen LogP contribution in [0, 0.1) is 0 Å². The van der Waals surface area contributed by atoms with Gasteiger partial charge in [0.2, 0.25) is 11.6 Å². The fourth-order valence-electron chi connectivity index (χ4n) is 4.99. The molecule has 0 bridgehead atoms. The molecule has 0 saturated carbocycles. The molecule has 332 valence electrons. The lowest BCUT2D eigenvalue weighted by molar-refractivity contribution is -0.492. The predicted octanol–water partition coefficient (Wildman–Crippen LogP) is 4.84. The minimum atomic E-state index is -4.73. The average Bonchev–Trinajstić information content (AvgIpc) is 3.23. The summed E-state index contributed by atoms with van der Waals surface area (Å²) < 4.78 is 63.7. The summed E-state index contributed by atoms with van der Waals surface area (Å²) in [4.78, 5) is 51.4. The third-order valence-corrected chi connectivity index (χ3v) is 9.72. The Bertz CT molecular complexity index is 2110. The maximum absolute atomic E-state index is 14.8. The van der Waals surface area contributed by atoms with Crippen molar-refractivity contribution in [2.24, 2.45) is 0 Å². The number of ether oxygens (including phenoxy) is 6. The van der Waals surface area contributed by atoms with Crippen LogP contribution in [0.3, 0.4) is 0 Å². The minimum Gasteiger partial charge on any atom is -0.493 e. The van der Waals surface area contributed by atoms with E-state index < -0.39 is 51.2 Å². The highest BCUT2D eigenvalue weighted by Crippen LogP contribution is 2.43. The molecule has 0 aliphatic heterocycles. The summed E-state index contributed by atoms with van der Waals surface area (Å²) in [5.74, 6) is -2.05. The zero-order valence-corrected chi connectivity index (χ0v) is 34.5. The lowest BCUT2D eigenvalue weighted by Gasteiger charge is -2.26. The Morgan fingerprint density at radius 2 is 1.36 bits per heavy atom. The number of hydrogen-bond donors (Lipinski definition) is 4. The molecule has 0 unspecified atom stereocenters. The van der Waals surface area contributed by atoms with E-state index in [-0.39, 0.29) is 98.1 Å². The Hall–Kier alpha value is -5.83. The fraction of sp³-hybridized carbons (Fsp3) is 0.405. The third kappa shape index (κ3) is 15.0. The van der Waals surface area contributed by atoms with Crippen LogP contribution in [0.2, 0.25) is 0 Å². The Morgan fingerprint density at radius 1 is 0.721 bits per heavy atom. The first-order valence-electron chi connectivity index (χ1n) is 18.4. The van der Waals surface area contributed by atoms with Gasteiger partial charge in [0.1, 0.15) is 13.2 Å². The number of hydrogen-bond acceptors (Lipinski definition) is 22. The van der Waals surface area contributed by atoms with Gasteiger partial charge in [0.25, 0.3) is 15.9 Å². The van der Waals surface area contributed by atoms with Crippen LogP contribution in [0.4, 0.5) is 10.6 Å². The van der Waals surface area contributed by atoms with E-state index in [1.807, 2.05) is 20.8 Å². The van der Waals surface area contributed by atoms with Crippen LogP contribution in [-0.2, 0) is 44.1 Å². The SMILES string of the molecule is COc1ccccc1Oc1c(OCCOC(=O)CCCON(O)O)nc(-c2ncccn2)nc1N(COC(=O)OCCCCON(O)O)S(=O)(=O)c1ccc(C(C)(C)C)cc1. The second kappa shape index (κ2) is 23.2. The van der Waals surface area contributed by atoms with E-state index in [0.717, 1.165) is 5.56 Å². The first-order valence-corrected chi connectivity index (χ1v) is 19.9. The molecule has 23 nitrogen and oxygen atoms in total. The van der Waals surface area contributed by atoms with Crippen LogP contribution in [0.5, 0.6) is 23.1 Å². The number of rotatable bonds is 24. The van der Waals surface area contributed by atoms with Crippen LogP contribution in [0.25, 0.3) is 11.6 Å². The molecule has 61 heavy (non-hydrogen) atoms. The molecular formula is C37H47N7O16S. The van der Waals surface area contributed by atoms with E-state index in [1.54, 1.807) is 30.3 Å². The van der Waals surface area contributed by atoms with E-state index >= 15 is 0 Å². The summed E-state index contributed by atoms with van der Waals surface area (Å²) in [6, 6.07) is 14.0. The van der Waals surface area contributed by atoms with E-state index in [1.165, 1.54) is 43.8 Å². The predicted molar refractivity (Wildman–Crippen MR) is 206 cm³/mol. The van der Waals surface area contributed by atoms with Gasteiger partial charge in [-0.1, -0.05) is 45.0 Å². The van der Waals surface area contributed by atoms with Crippen molar-refractivity contribution in [1.29, 1.82) is 0 Å². The highest BCUT2D eigenvalue weighted by Gasteiger charge is 2.35. The topological polar surface area (TPSA) is 284 Å². The molecule has 2 heterocycles. The molecule has 24 heteroatoms. The Kier molecular flexibility index (Phi) is 18.2. The molecule has 4 N–H and O–H groups in total. The molecule has 0 saturated heterocycles. The van der Waals surface area contributed by atoms with Gasteiger partial charge in [0.05, 0.1) is 42.6 Å². The van der Waals surface area contributed by atoms with E-state index in [0.29, 0.717) is 4.31 Å². The van der Waals surface area contributed by atoms with Crippen LogP contribution < -0.4 is 18.5 Å². The number of aromatic nitrogens is 4. The van der Waals surface area contributed by atoms with Gasteiger partial charge >= 0.3 is 12.1 Å². The summed E-state index contributed by atoms with van der Waals surface area (Å²) in [5.41, 5.74) is 0.492. The zero-order chi connectivity index (χ0) is 44.4. The molecule has 0 atom stereocenters. The Labute approximate surface area is 350 Å². The molecule has 0 aliphatic carbocycles. The average molecular weight is 878 g/mol. The number of carbonyl (C=O) groups is 2. The van der Waals surface area contributed by atoms with Crippen molar-refractivity contribution in [2.75, 3.05) is 51.2 Å². The molecule has 0 fully saturated rings. The largest absolute Gasteiger partial charge is 0.510 e. The Balaban J connectivity index is 1.80. The van der Waals surface area contributed by atoms with Gasteiger partial charge in [-0.05, 0) is 60.6 Å². The van der Waals surface area contributed by atoms with Crippen molar-refractivity contribution in [3.8, 4) is 34.8 Å². The number of nitrogens with zero attached hydrogens (tertiary/aromatic N) is 7. The monoisotopic (exact) mass is 877 g/mol. The van der Waals surface area contributed by atoms with Crippen molar-refractivity contribution in [3.63, 3.8) is 0 Å². The minimum absolute atomic E-state index is 0.0584. The van der Waals surface area contributed by atoms with Crippen LogP contribution >= 0.6 is 0 Å². The molecule has 2 aromatic carbocycles. The van der Waals surface area contributed by atoms with Gasteiger partial charge in [-0.3, -0.25) is 35.3 Å². The van der Waals surface area contributed by atoms with Gasteiger partial charge in [-0.15, -0.1) is 0 Å². The zero-order valence-electron chi connectivity index (χ0n) is 33.6. The number of carbonyl (C=O) groups excluding carboxylic acids is 2. The van der Waals surface area contributed by atoms with E-state index in [4.69, 9.17) is 49.3 Å². The van der Waals surface area contributed by atoms with E-state index in [9.17, 15) is 18.0 Å². The second-order valence-corrected chi connectivity index (χ2v) is 15.2. The van der Waals surface area contributed by atoms with E-state index in [2.05, 4.69) is 29.6 Å². The van der Waals surface area contributed by atoms with Gasteiger partial charge in [-0.2, -0.15) is 4.98 Å². The maximum Gasteiger partial charge on any atom is 0.510 e. The lowest BCUT2D eigenvalue weighted by Crippen LogP contribution is -2.36. The summed E-state index contributed by atoms with van der Waals surface area (Å²) in [6.45, 7) is 3.64. The molecular weight excluding hydrogens is 831 g/mol. The first kappa shape index (κ1) is 47.8. The number of para-hydroxylation sites is 2. The number of esters is 1. The third-order valence-electron chi connectivity index (χ3n) is 7.99. The highest BCUT2D eigenvalue weighted by molar-refractivity contribution is 7.92. The van der Waals surface area contributed by atoms with Gasteiger partial charge < -0.3 is 28.4 Å². The van der Waals surface area contributed by atoms with Crippen LogP contribution in [0.15, 0.2) is 71.9 Å². The van der Waals surface area contributed by atoms with Crippen molar-refractivity contribution in [2.45, 2.75) is 56.8 Å². The van der Waals surface area contributed by atoms with Crippen LogP contribution in [-0.4, -0.2) is 119 Å². The molecule has 4 rings (SSSR count). The summed E-state index contributed by atoms with van der Waals surface area (Å²) in [5, 5.41) is 33.8. The van der Waals surface area contributed by atoms with Crippen molar-refractivity contribution in [3.05, 3.63) is 72.6 Å². The number of methoxy groups -OCH3 is 1. The van der Waals surface area contributed by atoms with Gasteiger partial charge in [-0.25, -0.2) is 32.5 Å². The molecule has 0 aliphatic rings. The second-order valence-electron chi connectivity index (χ2n) is 13.4. The summed E-state index contributed by atoms with van der Waals surface area (Å²) in [6.07, 6.45) is 1.93. The highest BCUT2D eigenvalue weighted by atomic mass is 32.2. The van der Waals surface area contributed by atoms with Crippen molar-refractivity contribution >= 4 is 28.0 Å². The van der Waals surface area contributed by atoms with Crippen LogP contribution in [0.1, 0.15) is 52.0 Å². The lowest BCUT2D eigenvalue weighted by atomic mass is 9.87. The smallest absolute Gasteiger partial charge is 0.493 e. The number of unbranched alkanes of at least 4 members (excludes halogenated alkanes) is 1. The number of benzene rings is 2. The van der Waals surface area contributed by atoms with Gasteiger partial charge in [0, 0.05) is 18.8 Å². The maximum atomic E-state index is 14.8. The molecule has 0 amide bonds. The van der Waals surface area contributed by atoms with Crippen molar-refractivity contribution < 1.29 is 76.9 Å². The Morgan fingerprint density at radius 3 is 2.00 bits per heavy atom. The number of anilines is 1.